The summed E-state index contributed by atoms with van der Waals surface area (Å²) in [6.07, 6.45) is 0.365. The fourth-order valence-electron chi connectivity index (χ4n) is 1.32. The molecule has 0 aliphatic carbocycles. The Morgan fingerprint density at radius 2 is 2.13 bits per heavy atom. The highest BCUT2D eigenvalue weighted by Crippen LogP contribution is 2.18. The van der Waals surface area contributed by atoms with Crippen molar-refractivity contribution in [3.63, 3.8) is 0 Å². The summed E-state index contributed by atoms with van der Waals surface area (Å²) in [7, 11) is 0. The minimum absolute atomic E-state index is 0.0673. The number of hydrogen-bond acceptors (Lipinski definition) is 4. The van der Waals surface area contributed by atoms with Crippen LogP contribution in [0.4, 0.5) is 5.69 Å². The summed E-state index contributed by atoms with van der Waals surface area (Å²) in [5.41, 5.74) is 12.1. The number of aromatic carboxylic acids is 1. The van der Waals surface area contributed by atoms with Gasteiger partial charge in [0.1, 0.15) is 0 Å². The predicted molar refractivity (Wildman–Crippen MR) is 56.6 cm³/mol. The van der Waals surface area contributed by atoms with Gasteiger partial charge in [-0.05, 0) is 18.1 Å². The second-order valence-electron chi connectivity index (χ2n) is 3.33. The van der Waals surface area contributed by atoms with E-state index in [-0.39, 0.29) is 17.9 Å². The summed E-state index contributed by atoms with van der Waals surface area (Å²) in [6, 6.07) is 4.33. The van der Waals surface area contributed by atoms with E-state index in [2.05, 4.69) is 0 Å². The van der Waals surface area contributed by atoms with Crippen molar-refractivity contribution in [1.29, 1.82) is 0 Å². The van der Waals surface area contributed by atoms with Gasteiger partial charge < -0.3 is 21.7 Å². The number of nitrogen functional groups attached to an aromatic ring is 1. The van der Waals surface area contributed by atoms with Crippen LogP contribution < -0.4 is 11.5 Å². The van der Waals surface area contributed by atoms with Crippen LogP contribution in [0.1, 0.15) is 15.9 Å². The highest BCUT2D eigenvalue weighted by Gasteiger charge is 2.12. The molecule has 5 nitrogen and oxygen atoms in total. The van der Waals surface area contributed by atoms with Crippen molar-refractivity contribution in [2.24, 2.45) is 5.73 Å². The minimum atomic E-state index is -1.06. The maximum Gasteiger partial charge on any atom is 0.337 e. The molecular weight excluding hydrogens is 196 g/mol. The molecule has 5 heteroatoms. The van der Waals surface area contributed by atoms with Crippen LogP contribution >= 0.6 is 0 Å². The largest absolute Gasteiger partial charge is 0.478 e. The van der Waals surface area contributed by atoms with E-state index in [0.29, 0.717) is 12.0 Å². The highest BCUT2D eigenvalue weighted by atomic mass is 16.4. The Hall–Kier alpha value is -1.59. The normalized spacial score (nSPS) is 12.4. The van der Waals surface area contributed by atoms with E-state index >= 15 is 0 Å². The van der Waals surface area contributed by atoms with Gasteiger partial charge in [0, 0.05) is 11.7 Å². The van der Waals surface area contributed by atoms with Crippen LogP contribution in [-0.2, 0) is 6.42 Å². The van der Waals surface area contributed by atoms with Crippen LogP contribution in [0.25, 0.3) is 0 Å². The Labute approximate surface area is 87.3 Å². The third kappa shape index (κ3) is 2.68. The van der Waals surface area contributed by atoms with Crippen molar-refractivity contribution < 1.29 is 15.0 Å². The number of rotatable bonds is 4. The van der Waals surface area contributed by atoms with E-state index in [1.807, 2.05) is 0 Å². The standard InChI is InChI=1S/C10H14N2O3/c11-7(5-13)4-6-2-1-3-8(9(6)12)10(14)15/h1-3,7,13H,4-5,11-12H2,(H,14,15). The molecule has 1 rings (SSSR count). The molecule has 0 amide bonds. The molecule has 0 heterocycles. The molecule has 0 bridgehead atoms. The molecule has 1 aromatic carbocycles. The Morgan fingerprint density at radius 3 is 2.67 bits per heavy atom. The van der Waals surface area contributed by atoms with Crippen LogP contribution in [0.2, 0.25) is 0 Å². The molecule has 82 valence electrons. The minimum Gasteiger partial charge on any atom is -0.478 e. The number of benzene rings is 1. The number of aliphatic hydroxyl groups is 1. The Morgan fingerprint density at radius 1 is 1.47 bits per heavy atom. The van der Waals surface area contributed by atoms with Gasteiger partial charge in [-0.15, -0.1) is 0 Å². The first-order chi connectivity index (χ1) is 7.06. The summed E-state index contributed by atoms with van der Waals surface area (Å²) in [5, 5.41) is 17.6. The van der Waals surface area contributed by atoms with Crippen molar-refractivity contribution in [2.45, 2.75) is 12.5 Å². The molecule has 0 spiro atoms. The van der Waals surface area contributed by atoms with Crippen molar-refractivity contribution in [2.75, 3.05) is 12.3 Å². The first kappa shape index (κ1) is 11.5. The maximum absolute atomic E-state index is 10.8. The van der Waals surface area contributed by atoms with Crippen LogP contribution in [0.5, 0.6) is 0 Å². The molecule has 0 saturated carbocycles. The molecule has 0 aromatic heterocycles. The number of para-hydroxylation sites is 1. The summed E-state index contributed by atoms with van der Waals surface area (Å²) in [4.78, 5) is 10.8. The molecule has 6 N–H and O–H groups in total. The van der Waals surface area contributed by atoms with E-state index in [1.165, 1.54) is 6.07 Å². The maximum atomic E-state index is 10.8. The Kier molecular flexibility index (Phi) is 3.65. The van der Waals surface area contributed by atoms with Gasteiger partial charge >= 0.3 is 5.97 Å². The molecule has 1 atom stereocenters. The van der Waals surface area contributed by atoms with Crippen LogP contribution in [0.3, 0.4) is 0 Å². The lowest BCUT2D eigenvalue weighted by Gasteiger charge is -2.11. The summed E-state index contributed by atoms with van der Waals surface area (Å²) in [5.74, 6) is -1.06. The quantitative estimate of drug-likeness (QED) is 0.516. The fourth-order valence-corrected chi connectivity index (χ4v) is 1.32. The van der Waals surface area contributed by atoms with E-state index in [0.717, 1.165) is 0 Å². The molecule has 0 fully saturated rings. The zero-order valence-electron chi connectivity index (χ0n) is 8.18. The highest BCUT2D eigenvalue weighted by molar-refractivity contribution is 5.94. The first-order valence-corrected chi connectivity index (χ1v) is 4.53. The SMILES string of the molecule is Nc1c(CC(N)CO)cccc1C(=O)O. The lowest BCUT2D eigenvalue weighted by molar-refractivity contribution is 0.0698. The lowest BCUT2D eigenvalue weighted by Crippen LogP contribution is -2.27. The molecule has 1 unspecified atom stereocenters. The van der Waals surface area contributed by atoms with Crippen molar-refractivity contribution in [3.8, 4) is 0 Å². The van der Waals surface area contributed by atoms with Gasteiger partial charge in [-0.25, -0.2) is 4.79 Å². The number of aliphatic hydroxyl groups excluding tert-OH is 1. The predicted octanol–water partition coefficient (Wildman–Crippen LogP) is -0.171. The van der Waals surface area contributed by atoms with Gasteiger partial charge in [-0.3, -0.25) is 0 Å². The molecule has 0 radical (unpaired) electrons. The van der Waals surface area contributed by atoms with Crippen molar-refractivity contribution in [1.82, 2.24) is 0 Å². The van der Waals surface area contributed by atoms with Crippen LogP contribution in [0.15, 0.2) is 18.2 Å². The zero-order valence-corrected chi connectivity index (χ0v) is 8.18. The molecule has 0 saturated heterocycles. The van der Waals surface area contributed by atoms with Gasteiger partial charge in [0.05, 0.1) is 12.2 Å². The average Bonchev–Trinajstić information content (AvgIpc) is 2.20. The number of carboxylic acids is 1. The third-order valence-corrected chi connectivity index (χ3v) is 2.14. The molecule has 15 heavy (non-hydrogen) atoms. The average molecular weight is 210 g/mol. The number of anilines is 1. The van der Waals surface area contributed by atoms with Crippen molar-refractivity contribution >= 4 is 11.7 Å². The van der Waals surface area contributed by atoms with Crippen LogP contribution in [0, 0.1) is 0 Å². The monoisotopic (exact) mass is 210 g/mol. The van der Waals surface area contributed by atoms with Gasteiger partial charge in [-0.2, -0.15) is 0 Å². The van der Waals surface area contributed by atoms with E-state index in [4.69, 9.17) is 21.7 Å². The number of carboxylic acid groups (broad SMARTS) is 1. The fraction of sp³-hybridized carbons (Fsp3) is 0.300. The Balaban J connectivity index is 2.99. The topological polar surface area (TPSA) is 110 Å². The molecular formula is C10H14N2O3. The van der Waals surface area contributed by atoms with Gasteiger partial charge in [0.25, 0.3) is 0 Å². The second kappa shape index (κ2) is 4.77. The van der Waals surface area contributed by atoms with E-state index < -0.39 is 12.0 Å². The van der Waals surface area contributed by atoms with E-state index in [9.17, 15) is 4.79 Å². The number of carbonyl (C=O) groups is 1. The Bertz CT molecular complexity index is 366. The smallest absolute Gasteiger partial charge is 0.337 e. The van der Waals surface area contributed by atoms with E-state index in [1.54, 1.807) is 12.1 Å². The molecule has 0 aliphatic heterocycles. The number of nitrogens with two attached hydrogens (primary N) is 2. The summed E-state index contributed by atoms with van der Waals surface area (Å²) < 4.78 is 0. The summed E-state index contributed by atoms with van der Waals surface area (Å²) in [6.45, 7) is -0.156. The van der Waals surface area contributed by atoms with Gasteiger partial charge in [0.15, 0.2) is 0 Å². The van der Waals surface area contributed by atoms with Crippen molar-refractivity contribution in [3.05, 3.63) is 29.3 Å². The molecule has 0 aliphatic rings. The first-order valence-electron chi connectivity index (χ1n) is 4.53. The third-order valence-electron chi connectivity index (χ3n) is 2.14. The van der Waals surface area contributed by atoms with Gasteiger partial charge in [-0.1, -0.05) is 12.1 Å². The molecule has 1 aromatic rings. The second-order valence-corrected chi connectivity index (χ2v) is 3.33. The lowest BCUT2D eigenvalue weighted by atomic mass is 10.0. The van der Waals surface area contributed by atoms with Crippen LogP contribution in [-0.4, -0.2) is 28.8 Å². The number of hydrogen-bond donors (Lipinski definition) is 4. The zero-order chi connectivity index (χ0) is 11.4. The summed E-state index contributed by atoms with van der Waals surface area (Å²) >= 11 is 0. The van der Waals surface area contributed by atoms with Gasteiger partial charge in [0.2, 0.25) is 0 Å².